The minimum atomic E-state index is -3.90. The van der Waals surface area contributed by atoms with Crippen LogP contribution < -0.4 is 16.0 Å². The fourth-order valence-corrected chi connectivity index (χ4v) is 4.62. The summed E-state index contributed by atoms with van der Waals surface area (Å²) < 4.78 is 24.2. The van der Waals surface area contributed by atoms with E-state index in [9.17, 15) is 18.0 Å². The van der Waals surface area contributed by atoms with Crippen molar-refractivity contribution in [3.8, 4) is 11.1 Å². The van der Waals surface area contributed by atoms with Crippen LogP contribution in [0.25, 0.3) is 21.3 Å². The Hall–Kier alpha value is -3.05. The number of nitrogens with two attached hydrogens (primary N) is 1. The van der Waals surface area contributed by atoms with E-state index >= 15 is 0 Å². The van der Waals surface area contributed by atoms with E-state index in [4.69, 9.17) is 16.7 Å². The summed E-state index contributed by atoms with van der Waals surface area (Å²) >= 11 is 7.28. The van der Waals surface area contributed by atoms with Crippen molar-refractivity contribution >= 4 is 54.8 Å². The summed E-state index contributed by atoms with van der Waals surface area (Å²) in [5.41, 5.74) is 1.42. The molecule has 0 saturated heterocycles. The van der Waals surface area contributed by atoms with Crippen LogP contribution in [-0.4, -0.2) is 23.9 Å². The van der Waals surface area contributed by atoms with E-state index in [0.29, 0.717) is 20.8 Å². The summed E-state index contributed by atoms with van der Waals surface area (Å²) in [6.45, 7) is -0.294. The lowest BCUT2D eigenvalue weighted by molar-refractivity contribution is -0.116. The fourth-order valence-electron chi connectivity index (χ4n) is 3.03. The largest absolute Gasteiger partial charge is 0.324 e. The molecule has 8 nitrogen and oxygen atoms in total. The molecule has 0 atom stereocenters. The number of nitrogens with zero attached hydrogens (tertiary/aromatic N) is 2. The van der Waals surface area contributed by atoms with Gasteiger partial charge in [-0.25, -0.2) is 18.5 Å². The van der Waals surface area contributed by atoms with Crippen LogP contribution in [0.5, 0.6) is 0 Å². The van der Waals surface area contributed by atoms with Crippen molar-refractivity contribution in [3.05, 3.63) is 75.6 Å². The molecule has 4 aromatic rings. The second-order valence-electron chi connectivity index (χ2n) is 6.64. The molecule has 0 aliphatic carbocycles. The number of anilines is 1. The fraction of sp³-hybridized carbons (Fsp3) is 0.0500. The van der Waals surface area contributed by atoms with Gasteiger partial charge < -0.3 is 5.32 Å². The quantitative estimate of drug-likeness (QED) is 0.460. The Morgan fingerprint density at radius 3 is 2.65 bits per heavy atom. The van der Waals surface area contributed by atoms with E-state index in [1.54, 1.807) is 12.1 Å². The number of fused-ring (bicyclic) bond motifs is 1. The molecule has 0 saturated carbocycles. The molecule has 31 heavy (non-hydrogen) atoms. The molecule has 0 unspecified atom stereocenters. The molecule has 0 radical (unpaired) electrons. The van der Waals surface area contributed by atoms with E-state index in [2.05, 4.69) is 10.3 Å². The predicted octanol–water partition coefficient (Wildman–Crippen LogP) is 3.06. The van der Waals surface area contributed by atoms with Gasteiger partial charge in [0.1, 0.15) is 11.4 Å². The summed E-state index contributed by atoms with van der Waals surface area (Å²) in [7, 11) is -3.90. The van der Waals surface area contributed by atoms with E-state index in [1.807, 2.05) is 17.5 Å². The van der Waals surface area contributed by atoms with Crippen LogP contribution in [0.1, 0.15) is 0 Å². The Labute approximate surface area is 186 Å². The maximum Gasteiger partial charge on any atom is 0.263 e. The number of thiophene rings is 1. The summed E-state index contributed by atoms with van der Waals surface area (Å²) in [6, 6.07) is 12.6. The van der Waals surface area contributed by atoms with Gasteiger partial charge >= 0.3 is 0 Å². The van der Waals surface area contributed by atoms with Crippen LogP contribution >= 0.6 is 22.9 Å². The molecule has 11 heteroatoms. The van der Waals surface area contributed by atoms with Gasteiger partial charge in [0.25, 0.3) is 5.56 Å². The lowest BCUT2D eigenvalue weighted by Crippen LogP contribution is -2.27. The van der Waals surface area contributed by atoms with E-state index in [1.165, 1.54) is 46.5 Å². The summed E-state index contributed by atoms with van der Waals surface area (Å²) in [5, 5.41) is 10.5. The SMILES string of the molecule is NS(=O)(=O)c1cccc(NC(=O)Cn2cnc3scc(-c4ccc(Cl)cc4)c3c2=O)c1. The smallest absolute Gasteiger partial charge is 0.263 e. The second-order valence-corrected chi connectivity index (χ2v) is 9.49. The zero-order chi connectivity index (χ0) is 22.2. The van der Waals surface area contributed by atoms with Gasteiger partial charge in [-0.15, -0.1) is 11.3 Å². The molecule has 0 bridgehead atoms. The normalized spacial score (nSPS) is 11.5. The molecule has 4 rings (SSSR count). The van der Waals surface area contributed by atoms with Crippen molar-refractivity contribution in [1.82, 2.24) is 9.55 Å². The first-order chi connectivity index (χ1) is 14.7. The Morgan fingerprint density at radius 2 is 1.94 bits per heavy atom. The lowest BCUT2D eigenvalue weighted by Gasteiger charge is -2.09. The average molecular weight is 475 g/mol. The van der Waals surface area contributed by atoms with E-state index in [-0.39, 0.29) is 22.7 Å². The number of rotatable bonds is 5. The minimum absolute atomic E-state index is 0.128. The highest BCUT2D eigenvalue weighted by Crippen LogP contribution is 2.31. The van der Waals surface area contributed by atoms with Crippen LogP contribution in [0.3, 0.4) is 0 Å². The second kappa shape index (κ2) is 8.23. The highest BCUT2D eigenvalue weighted by Gasteiger charge is 2.15. The number of carbonyl (C=O) groups is 1. The van der Waals surface area contributed by atoms with Crippen LogP contribution in [0.15, 0.2) is 69.9 Å². The molecule has 0 fully saturated rings. The van der Waals surface area contributed by atoms with Crippen LogP contribution in [-0.2, 0) is 21.4 Å². The number of hydrogen-bond donors (Lipinski definition) is 2. The maximum absolute atomic E-state index is 13.1. The molecule has 0 aliphatic rings. The van der Waals surface area contributed by atoms with Gasteiger partial charge in [0, 0.05) is 21.7 Å². The van der Waals surface area contributed by atoms with Gasteiger partial charge in [-0.2, -0.15) is 0 Å². The molecule has 3 N–H and O–H groups in total. The molecule has 2 aromatic carbocycles. The number of amides is 1. The molecular formula is C20H15ClN4O4S2. The molecule has 0 spiro atoms. The molecule has 0 aliphatic heterocycles. The number of benzene rings is 2. The monoisotopic (exact) mass is 474 g/mol. The van der Waals surface area contributed by atoms with Gasteiger partial charge in [-0.1, -0.05) is 29.8 Å². The van der Waals surface area contributed by atoms with Crippen molar-refractivity contribution < 1.29 is 13.2 Å². The number of sulfonamides is 1. The number of primary sulfonamides is 1. The Bertz CT molecular complexity index is 1460. The summed E-state index contributed by atoms with van der Waals surface area (Å²) in [4.78, 5) is 30.2. The first-order valence-corrected chi connectivity index (χ1v) is 11.7. The van der Waals surface area contributed by atoms with Crippen molar-refractivity contribution in [1.29, 1.82) is 0 Å². The number of hydrogen-bond acceptors (Lipinski definition) is 6. The van der Waals surface area contributed by atoms with Gasteiger partial charge in [-0.3, -0.25) is 14.2 Å². The summed E-state index contributed by atoms with van der Waals surface area (Å²) in [6.07, 6.45) is 1.31. The molecule has 1 amide bonds. The van der Waals surface area contributed by atoms with Crippen LogP contribution in [0.2, 0.25) is 5.02 Å². The van der Waals surface area contributed by atoms with Crippen LogP contribution in [0.4, 0.5) is 5.69 Å². The number of nitrogens with one attached hydrogen (secondary N) is 1. The molecule has 2 aromatic heterocycles. The third kappa shape index (κ3) is 4.52. The zero-order valence-electron chi connectivity index (χ0n) is 15.8. The van der Waals surface area contributed by atoms with Crippen molar-refractivity contribution in [2.24, 2.45) is 5.14 Å². The van der Waals surface area contributed by atoms with Crippen molar-refractivity contribution in [2.75, 3.05) is 5.32 Å². The van der Waals surface area contributed by atoms with E-state index < -0.39 is 15.9 Å². The number of carbonyl (C=O) groups excluding carboxylic acids is 1. The highest BCUT2D eigenvalue weighted by molar-refractivity contribution is 7.89. The third-order valence-electron chi connectivity index (χ3n) is 4.48. The Morgan fingerprint density at radius 1 is 1.19 bits per heavy atom. The van der Waals surface area contributed by atoms with Gasteiger partial charge in [0.05, 0.1) is 16.6 Å². The average Bonchev–Trinajstić information content (AvgIpc) is 3.15. The van der Waals surface area contributed by atoms with Crippen molar-refractivity contribution in [3.63, 3.8) is 0 Å². The van der Waals surface area contributed by atoms with Gasteiger partial charge in [0.15, 0.2) is 0 Å². The molecule has 158 valence electrons. The highest BCUT2D eigenvalue weighted by atomic mass is 35.5. The van der Waals surface area contributed by atoms with E-state index in [0.717, 1.165) is 5.56 Å². The lowest BCUT2D eigenvalue weighted by atomic mass is 10.1. The Kier molecular flexibility index (Phi) is 5.63. The molecule has 2 heterocycles. The van der Waals surface area contributed by atoms with Gasteiger partial charge in [0.2, 0.25) is 15.9 Å². The maximum atomic E-state index is 13.1. The Balaban J connectivity index is 1.63. The number of aromatic nitrogens is 2. The number of halogens is 1. The first kappa shape index (κ1) is 21.2. The van der Waals surface area contributed by atoms with Gasteiger partial charge in [-0.05, 0) is 35.9 Å². The zero-order valence-corrected chi connectivity index (χ0v) is 18.2. The molecular weight excluding hydrogens is 460 g/mol. The first-order valence-electron chi connectivity index (χ1n) is 8.88. The summed E-state index contributed by atoms with van der Waals surface area (Å²) in [5.74, 6) is -0.516. The van der Waals surface area contributed by atoms with Crippen LogP contribution in [0, 0.1) is 0 Å². The van der Waals surface area contributed by atoms with Crippen molar-refractivity contribution in [2.45, 2.75) is 11.4 Å². The topological polar surface area (TPSA) is 124 Å². The minimum Gasteiger partial charge on any atom is -0.324 e. The third-order valence-corrected chi connectivity index (χ3v) is 6.53. The predicted molar refractivity (Wildman–Crippen MR) is 121 cm³/mol. The standard InChI is InChI=1S/C20H15ClN4O4S2/c21-13-6-4-12(5-7-13)16-10-30-19-18(16)20(27)25(11-23-19)9-17(26)24-14-2-1-3-15(8-14)31(22,28)29/h1-8,10-11H,9H2,(H,24,26)(H2,22,28,29).